The van der Waals surface area contributed by atoms with Gasteiger partial charge in [-0.05, 0) is 50.7 Å². The van der Waals surface area contributed by atoms with E-state index in [1.807, 2.05) is 66.9 Å². The third-order valence-electron chi connectivity index (χ3n) is 4.31. The van der Waals surface area contributed by atoms with Gasteiger partial charge in [0, 0.05) is 6.54 Å². The Morgan fingerprint density at radius 1 is 1.15 bits per heavy atom. The van der Waals surface area contributed by atoms with E-state index in [1.54, 1.807) is 6.07 Å². The Balaban J connectivity index is 1.66. The SMILES string of the molecule is Cc1nn(-c2ccccc2)c(C)c1NC(=O)CN(C)Cc1cccc(F)c1. The minimum absolute atomic E-state index is 0.132. The van der Waals surface area contributed by atoms with Crippen LogP contribution in [-0.4, -0.2) is 34.2 Å². The number of nitrogens with one attached hydrogen (secondary N) is 1. The molecule has 1 N–H and O–H groups in total. The number of aryl methyl sites for hydroxylation is 1. The van der Waals surface area contributed by atoms with Gasteiger partial charge in [-0.15, -0.1) is 0 Å². The summed E-state index contributed by atoms with van der Waals surface area (Å²) in [5, 5.41) is 7.50. The number of amides is 1. The van der Waals surface area contributed by atoms with E-state index in [2.05, 4.69) is 10.4 Å². The average Bonchev–Trinajstić information content (AvgIpc) is 2.90. The lowest BCUT2D eigenvalue weighted by Gasteiger charge is -2.16. The number of benzene rings is 2. The summed E-state index contributed by atoms with van der Waals surface area (Å²) in [6, 6.07) is 16.2. The van der Waals surface area contributed by atoms with Crippen LogP contribution in [0.5, 0.6) is 0 Å². The van der Waals surface area contributed by atoms with Crippen LogP contribution in [0.25, 0.3) is 5.69 Å². The van der Waals surface area contributed by atoms with Gasteiger partial charge in [-0.1, -0.05) is 30.3 Å². The van der Waals surface area contributed by atoms with E-state index in [-0.39, 0.29) is 18.3 Å². The second-order valence-electron chi connectivity index (χ2n) is 6.64. The molecule has 1 amide bonds. The fourth-order valence-corrected chi connectivity index (χ4v) is 3.07. The number of hydrogen-bond donors (Lipinski definition) is 1. The molecule has 0 saturated carbocycles. The average molecular weight is 366 g/mol. The number of carbonyl (C=O) groups is 1. The Labute approximate surface area is 158 Å². The summed E-state index contributed by atoms with van der Waals surface area (Å²) >= 11 is 0. The highest BCUT2D eigenvalue weighted by atomic mass is 19.1. The summed E-state index contributed by atoms with van der Waals surface area (Å²) in [4.78, 5) is 14.3. The topological polar surface area (TPSA) is 50.2 Å². The molecule has 1 aromatic heterocycles. The number of anilines is 1. The number of halogens is 1. The maximum absolute atomic E-state index is 13.3. The number of likely N-dealkylation sites (N-methyl/N-ethyl adjacent to an activating group) is 1. The third-order valence-corrected chi connectivity index (χ3v) is 4.31. The zero-order valence-electron chi connectivity index (χ0n) is 15.7. The molecule has 3 rings (SSSR count). The summed E-state index contributed by atoms with van der Waals surface area (Å²) in [6.45, 7) is 4.50. The minimum Gasteiger partial charge on any atom is -0.322 e. The number of rotatable bonds is 6. The van der Waals surface area contributed by atoms with Crippen LogP contribution in [0.4, 0.5) is 10.1 Å². The molecule has 0 spiro atoms. The van der Waals surface area contributed by atoms with E-state index in [1.165, 1.54) is 12.1 Å². The zero-order valence-corrected chi connectivity index (χ0v) is 15.7. The molecule has 0 unspecified atom stereocenters. The zero-order chi connectivity index (χ0) is 19.4. The summed E-state index contributed by atoms with van der Waals surface area (Å²) < 4.78 is 15.1. The second-order valence-corrected chi connectivity index (χ2v) is 6.64. The molecule has 0 aliphatic carbocycles. The standard InChI is InChI=1S/C21H23FN4O/c1-15-21(16(2)26(24-15)19-10-5-4-6-11-19)23-20(27)14-25(3)13-17-8-7-9-18(22)12-17/h4-12H,13-14H2,1-3H3,(H,23,27). The van der Waals surface area contributed by atoms with Crippen LogP contribution < -0.4 is 5.32 Å². The van der Waals surface area contributed by atoms with Crippen LogP contribution in [0.1, 0.15) is 17.0 Å². The Kier molecular flexibility index (Phi) is 5.66. The molecule has 0 radical (unpaired) electrons. The lowest BCUT2D eigenvalue weighted by atomic mass is 10.2. The molecule has 0 saturated heterocycles. The Bertz CT molecular complexity index is 937. The van der Waals surface area contributed by atoms with E-state index < -0.39 is 0 Å². The maximum Gasteiger partial charge on any atom is 0.238 e. The van der Waals surface area contributed by atoms with Crippen molar-refractivity contribution in [1.29, 1.82) is 0 Å². The molecule has 27 heavy (non-hydrogen) atoms. The lowest BCUT2D eigenvalue weighted by Crippen LogP contribution is -2.30. The van der Waals surface area contributed by atoms with Crippen molar-refractivity contribution < 1.29 is 9.18 Å². The molecule has 140 valence electrons. The number of aromatic nitrogens is 2. The van der Waals surface area contributed by atoms with Crippen LogP contribution in [0.15, 0.2) is 54.6 Å². The Morgan fingerprint density at radius 2 is 1.89 bits per heavy atom. The first-order valence-electron chi connectivity index (χ1n) is 8.78. The molecule has 0 bridgehead atoms. The largest absolute Gasteiger partial charge is 0.322 e. The quantitative estimate of drug-likeness (QED) is 0.724. The second kappa shape index (κ2) is 8.14. The number of nitrogens with zero attached hydrogens (tertiary/aromatic N) is 3. The minimum atomic E-state index is -0.273. The first-order valence-corrected chi connectivity index (χ1v) is 8.78. The highest BCUT2D eigenvalue weighted by molar-refractivity contribution is 5.93. The molecule has 0 aliphatic heterocycles. The van der Waals surface area contributed by atoms with E-state index in [0.29, 0.717) is 6.54 Å². The van der Waals surface area contributed by atoms with Crippen LogP contribution >= 0.6 is 0 Å². The predicted octanol–water partition coefficient (Wildman–Crippen LogP) is 3.70. The first kappa shape index (κ1) is 18.8. The van der Waals surface area contributed by atoms with E-state index in [9.17, 15) is 9.18 Å². The van der Waals surface area contributed by atoms with Crippen LogP contribution in [0.3, 0.4) is 0 Å². The molecule has 3 aromatic rings. The summed E-state index contributed by atoms with van der Waals surface area (Å²) in [6.07, 6.45) is 0. The summed E-state index contributed by atoms with van der Waals surface area (Å²) in [5.74, 6) is -0.405. The van der Waals surface area contributed by atoms with E-state index in [0.717, 1.165) is 28.3 Å². The van der Waals surface area contributed by atoms with E-state index in [4.69, 9.17) is 0 Å². The Morgan fingerprint density at radius 3 is 2.59 bits per heavy atom. The number of para-hydroxylation sites is 1. The van der Waals surface area contributed by atoms with Crippen molar-refractivity contribution in [2.24, 2.45) is 0 Å². The van der Waals surface area contributed by atoms with Crippen molar-refractivity contribution in [1.82, 2.24) is 14.7 Å². The predicted molar refractivity (Wildman–Crippen MR) is 104 cm³/mol. The molecular formula is C21H23FN4O. The maximum atomic E-state index is 13.3. The van der Waals surface area contributed by atoms with Gasteiger partial charge in [0.2, 0.25) is 5.91 Å². The van der Waals surface area contributed by atoms with Gasteiger partial charge < -0.3 is 5.32 Å². The van der Waals surface area contributed by atoms with Gasteiger partial charge >= 0.3 is 0 Å². The van der Waals surface area contributed by atoms with Gasteiger partial charge in [0.25, 0.3) is 0 Å². The van der Waals surface area contributed by atoms with Gasteiger partial charge in [0.15, 0.2) is 0 Å². The van der Waals surface area contributed by atoms with Crippen LogP contribution in [0.2, 0.25) is 0 Å². The van der Waals surface area contributed by atoms with E-state index >= 15 is 0 Å². The van der Waals surface area contributed by atoms with Crippen molar-refractivity contribution in [3.05, 3.63) is 77.4 Å². The summed E-state index contributed by atoms with van der Waals surface area (Å²) in [5.41, 5.74) is 4.14. The first-order chi connectivity index (χ1) is 12.9. The Hall–Kier alpha value is -2.99. The number of hydrogen-bond acceptors (Lipinski definition) is 3. The van der Waals surface area contributed by atoms with Gasteiger partial charge in [-0.25, -0.2) is 9.07 Å². The summed E-state index contributed by atoms with van der Waals surface area (Å²) in [7, 11) is 1.83. The molecule has 0 atom stereocenters. The van der Waals surface area contributed by atoms with Gasteiger partial charge in [-0.2, -0.15) is 5.10 Å². The number of carbonyl (C=O) groups excluding carboxylic acids is 1. The van der Waals surface area contributed by atoms with Gasteiger partial charge in [0.05, 0.1) is 29.3 Å². The molecule has 0 fully saturated rings. The highest BCUT2D eigenvalue weighted by Gasteiger charge is 2.16. The smallest absolute Gasteiger partial charge is 0.238 e. The molecule has 6 heteroatoms. The van der Waals surface area contributed by atoms with Crippen molar-refractivity contribution in [3.63, 3.8) is 0 Å². The highest BCUT2D eigenvalue weighted by Crippen LogP contribution is 2.22. The van der Waals surface area contributed by atoms with Crippen molar-refractivity contribution in [2.75, 3.05) is 18.9 Å². The van der Waals surface area contributed by atoms with Crippen molar-refractivity contribution >= 4 is 11.6 Å². The van der Waals surface area contributed by atoms with Crippen molar-refractivity contribution in [2.45, 2.75) is 20.4 Å². The van der Waals surface area contributed by atoms with Crippen molar-refractivity contribution in [3.8, 4) is 5.69 Å². The fourth-order valence-electron chi connectivity index (χ4n) is 3.07. The monoisotopic (exact) mass is 366 g/mol. The van der Waals surface area contributed by atoms with Crippen LogP contribution in [0, 0.1) is 19.7 Å². The molecule has 2 aromatic carbocycles. The van der Waals surface area contributed by atoms with Gasteiger partial charge in [-0.3, -0.25) is 9.69 Å². The lowest BCUT2D eigenvalue weighted by molar-refractivity contribution is -0.117. The molecular weight excluding hydrogens is 343 g/mol. The third kappa shape index (κ3) is 4.60. The molecule has 0 aliphatic rings. The van der Waals surface area contributed by atoms with Crippen LogP contribution in [-0.2, 0) is 11.3 Å². The molecule has 5 nitrogen and oxygen atoms in total. The van der Waals surface area contributed by atoms with Gasteiger partial charge in [0.1, 0.15) is 5.82 Å². The molecule has 1 heterocycles. The normalized spacial score (nSPS) is 11.0. The fraction of sp³-hybridized carbons (Fsp3) is 0.238.